The molecule has 0 amide bonds. The van der Waals surface area contributed by atoms with Crippen LogP contribution in [0.3, 0.4) is 0 Å². The number of ketones is 1. The highest BCUT2D eigenvalue weighted by atomic mass is 32.2. The molecule has 1 saturated heterocycles. The third-order valence-corrected chi connectivity index (χ3v) is 6.35. The number of nitrogens with one attached hydrogen (secondary N) is 2. The van der Waals surface area contributed by atoms with E-state index in [1.54, 1.807) is 6.92 Å². The fraction of sp³-hybridized carbons (Fsp3) is 0.391. The molecule has 0 spiro atoms. The monoisotopic (exact) mass is 451 g/mol. The fourth-order valence-electron chi connectivity index (χ4n) is 3.74. The number of aromatic amines is 1. The first-order valence-corrected chi connectivity index (χ1v) is 11.6. The lowest BCUT2D eigenvalue weighted by Gasteiger charge is -2.32. The number of carbonyl (C=O) groups is 1. The van der Waals surface area contributed by atoms with Crippen LogP contribution < -0.4 is 16.0 Å². The Hall–Kier alpha value is -2.91. The first kappa shape index (κ1) is 22.3. The van der Waals surface area contributed by atoms with E-state index in [1.165, 1.54) is 11.8 Å². The van der Waals surface area contributed by atoms with E-state index < -0.39 is 0 Å². The van der Waals surface area contributed by atoms with Crippen LogP contribution in [0.5, 0.6) is 0 Å². The maximum atomic E-state index is 11.4. The number of aromatic nitrogens is 4. The predicted octanol–water partition coefficient (Wildman–Crippen LogP) is 3.77. The summed E-state index contributed by atoms with van der Waals surface area (Å²) in [4.78, 5) is 24.4. The number of nitrogens with zero attached hydrogens (tertiary/aromatic N) is 4. The molecule has 1 aromatic carbocycles. The summed E-state index contributed by atoms with van der Waals surface area (Å²) in [5.74, 6) is 2.55. The van der Waals surface area contributed by atoms with E-state index in [0.29, 0.717) is 11.6 Å². The Morgan fingerprint density at radius 3 is 2.56 bits per heavy atom. The van der Waals surface area contributed by atoms with Crippen LogP contribution >= 0.6 is 11.8 Å². The van der Waals surface area contributed by atoms with Crippen molar-refractivity contribution in [2.45, 2.75) is 56.1 Å². The molecule has 4 rings (SSSR count). The van der Waals surface area contributed by atoms with Gasteiger partial charge in [-0.2, -0.15) is 5.10 Å². The molecule has 1 aliphatic heterocycles. The zero-order valence-corrected chi connectivity index (χ0v) is 19.5. The molecule has 0 bridgehead atoms. The molecule has 1 fully saturated rings. The zero-order valence-electron chi connectivity index (χ0n) is 18.7. The van der Waals surface area contributed by atoms with Crippen molar-refractivity contribution in [2.75, 3.05) is 23.3 Å². The van der Waals surface area contributed by atoms with E-state index in [4.69, 9.17) is 15.7 Å². The number of piperidine rings is 1. The first-order valence-electron chi connectivity index (χ1n) is 10.8. The topological polar surface area (TPSA) is 113 Å². The Kier molecular flexibility index (Phi) is 6.76. The van der Waals surface area contributed by atoms with Crippen LogP contribution in [0.25, 0.3) is 0 Å². The highest BCUT2D eigenvalue weighted by molar-refractivity contribution is 7.99. The van der Waals surface area contributed by atoms with E-state index in [1.807, 2.05) is 44.2 Å². The Morgan fingerprint density at radius 2 is 1.94 bits per heavy atom. The lowest BCUT2D eigenvalue weighted by Crippen LogP contribution is -2.40. The summed E-state index contributed by atoms with van der Waals surface area (Å²) in [7, 11) is 0. The highest BCUT2D eigenvalue weighted by Crippen LogP contribution is 2.33. The molecule has 2 aromatic heterocycles. The van der Waals surface area contributed by atoms with Crippen LogP contribution in [-0.4, -0.2) is 45.1 Å². The van der Waals surface area contributed by atoms with Gasteiger partial charge in [-0.25, -0.2) is 9.97 Å². The Bertz CT molecular complexity index is 1090. The highest BCUT2D eigenvalue weighted by Gasteiger charge is 2.22. The fourth-order valence-corrected chi connectivity index (χ4v) is 4.49. The number of hydrogen-bond acceptors (Lipinski definition) is 8. The summed E-state index contributed by atoms with van der Waals surface area (Å²) in [6.45, 7) is 7.36. The molecule has 4 N–H and O–H groups in total. The van der Waals surface area contributed by atoms with Gasteiger partial charge >= 0.3 is 0 Å². The van der Waals surface area contributed by atoms with Gasteiger partial charge in [0.2, 0.25) is 0 Å². The molecule has 8 nitrogen and oxygen atoms in total. The number of benzene rings is 1. The maximum Gasteiger partial charge on any atom is 0.196 e. The lowest BCUT2D eigenvalue weighted by atomic mass is 10.1. The standard InChI is InChI=1S/C23H29N7OS/c1-14-12-20(29-28-14)25-21-16(3)22(30-10-8-18(24)9-11-30)27-23(26-21)32-19-6-4-17(5-7-19)13-15(2)31/h4-7,12,18H,8-11,13,24H2,1-3H3,(H2,25,26,27,28,29). The number of H-pyrrole nitrogens is 1. The average Bonchev–Trinajstić information content (AvgIpc) is 3.16. The van der Waals surface area contributed by atoms with Crippen LogP contribution in [0.2, 0.25) is 0 Å². The number of carbonyl (C=O) groups excluding carboxylic acids is 1. The van der Waals surface area contributed by atoms with E-state index in [2.05, 4.69) is 20.4 Å². The van der Waals surface area contributed by atoms with Gasteiger partial charge in [-0.05, 0) is 63.1 Å². The van der Waals surface area contributed by atoms with Crippen molar-refractivity contribution in [1.29, 1.82) is 0 Å². The van der Waals surface area contributed by atoms with E-state index in [-0.39, 0.29) is 11.8 Å². The number of hydrogen-bond donors (Lipinski definition) is 3. The van der Waals surface area contributed by atoms with Gasteiger partial charge in [0, 0.05) is 47.8 Å². The van der Waals surface area contributed by atoms with Crippen molar-refractivity contribution in [2.24, 2.45) is 5.73 Å². The molecule has 0 aliphatic carbocycles. The Balaban J connectivity index is 1.63. The van der Waals surface area contributed by atoms with E-state index in [9.17, 15) is 4.79 Å². The number of anilines is 3. The molecule has 3 aromatic rings. The summed E-state index contributed by atoms with van der Waals surface area (Å²) in [6, 6.07) is 10.2. The maximum absolute atomic E-state index is 11.4. The second-order valence-electron chi connectivity index (χ2n) is 8.31. The van der Waals surface area contributed by atoms with Crippen LogP contribution in [0.1, 0.15) is 36.6 Å². The van der Waals surface area contributed by atoms with Gasteiger partial charge in [0.05, 0.1) is 0 Å². The largest absolute Gasteiger partial charge is 0.356 e. The van der Waals surface area contributed by atoms with Gasteiger partial charge in [-0.1, -0.05) is 12.1 Å². The van der Waals surface area contributed by atoms with Crippen molar-refractivity contribution in [3.8, 4) is 0 Å². The quantitative estimate of drug-likeness (QED) is 0.465. The van der Waals surface area contributed by atoms with E-state index in [0.717, 1.165) is 65.1 Å². The second-order valence-corrected chi connectivity index (χ2v) is 9.35. The Morgan fingerprint density at radius 1 is 1.22 bits per heavy atom. The van der Waals surface area contributed by atoms with Crippen LogP contribution in [0.4, 0.5) is 17.5 Å². The molecule has 1 aliphatic rings. The predicted molar refractivity (Wildman–Crippen MR) is 128 cm³/mol. The molecule has 0 atom stereocenters. The minimum atomic E-state index is 0.155. The van der Waals surface area contributed by atoms with Crippen molar-refractivity contribution >= 4 is 35.0 Å². The number of Topliss-reactive ketones (excluding diaryl/α,β-unsaturated/α-hetero) is 1. The van der Waals surface area contributed by atoms with Gasteiger partial charge in [0.1, 0.15) is 17.4 Å². The van der Waals surface area contributed by atoms with Crippen LogP contribution in [0, 0.1) is 13.8 Å². The van der Waals surface area contributed by atoms with Crippen molar-refractivity contribution < 1.29 is 4.79 Å². The van der Waals surface area contributed by atoms with Gasteiger partial charge in [-0.3, -0.25) is 9.89 Å². The summed E-state index contributed by atoms with van der Waals surface area (Å²) >= 11 is 1.51. The van der Waals surface area contributed by atoms with Crippen LogP contribution in [0.15, 0.2) is 40.4 Å². The smallest absolute Gasteiger partial charge is 0.196 e. The molecule has 9 heteroatoms. The third-order valence-electron chi connectivity index (χ3n) is 5.48. The van der Waals surface area contributed by atoms with E-state index >= 15 is 0 Å². The Labute approximate surface area is 192 Å². The van der Waals surface area contributed by atoms with Crippen molar-refractivity contribution in [3.63, 3.8) is 0 Å². The molecule has 0 unspecified atom stereocenters. The van der Waals surface area contributed by atoms with Crippen molar-refractivity contribution in [3.05, 3.63) is 47.2 Å². The average molecular weight is 452 g/mol. The molecule has 0 radical (unpaired) electrons. The number of rotatable bonds is 7. The van der Waals surface area contributed by atoms with Crippen molar-refractivity contribution in [1.82, 2.24) is 20.2 Å². The van der Waals surface area contributed by atoms with Gasteiger partial charge in [0.25, 0.3) is 0 Å². The second kappa shape index (κ2) is 9.70. The van der Waals surface area contributed by atoms with Gasteiger partial charge in [0.15, 0.2) is 11.0 Å². The minimum absolute atomic E-state index is 0.155. The summed E-state index contributed by atoms with van der Waals surface area (Å²) < 4.78 is 0. The molecule has 32 heavy (non-hydrogen) atoms. The third kappa shape index (κ3) is 5.46. The number of aryl methyl sites for hydroxylation is 1. The number of nitrogens with two attached hydrogens (primary N) is 1. The summed E-state index contributed by atoms with van der Waals surface area (Å²) in [5.41, 5.74) is 9.09. The lowest BCUT2D eigenvalue weighted by molar-refractivity contribution is -0.116. The zero-order chi connectivity index (χ0) is 22.7. The summed E-state index contributed by atoms with van der Waals surface area (Å²) in [5, 5.41) is 11.2. The SMILES string of the molecule is CC(=O)Cc1ccc(Sc2nc(Nc3cc(C)[nH]n3)c(C)c(N3CCC(N)CC3)n2)cc1. The molecular weight excluding hydrogens is 422 g/mol. The molecular formula is C23H29N7OS. The summed E-state index contributed by atoms with van der Waals surface area (Å²) in [6.07, 6.45) is 2.35. The minimum Gasteiger partial charge on any atom is -0.356 e. The molecule has 0 saturated carbocycles. The van der Waals surface area contributed by atoms with Gasteiger partial charge in [-0.15, -0.1) is 0 Å². The first-order chi connectivity index (χ1) is 15.4. The van der Waals surface area contributed by atoms with Crippen LogP contribution in [-0.2, 0) is 11.2 Å². The van der Waals surface area contributed by atoms with Gasteiger partial charge < -0.3 is 16.0 Å². The molecule has 3 heterocycles. The molecule has 168 valence electrons. The normalized spacial score (nSPS) is 14.6.